The van der Waals surface area contributed by atoms with Gasteiger partial charge in [0, 0.05) is 29.5 Å². The van der Waals surface area contributed by atoms with Crippen molar-refractivity contribution in [3.63, 3.8) is 0 Å². The van der Waals surface area contributed by atoms with E-state index in [1.54, 1.807) is 24.3 Å². The van der Waals surface area contributed by atoms with Crippen molar-refractivity contribution >= 4 is 27.7 Å². The summed E-state index contributed by atoms with van der Waals surface area (Å²) in [6, 6.07) is 24.2. The number of carbonyl (C=O) groups excluding carboxylic acids is 1. The quantitative estimate of drug-likeness (QED) is 0.221. The Morgan fingerprint density at radius 2 is 1.76 bits per heavy atom. The topological polar surface area (TPSA) is 100 Å². The van der Waals surface area contributed by atoms with Gasteiger partial charge in [0.2, 0.25) is 5.90 Å². The van der Waals surface area contributed by atoms with Gasteiger partial charge in [0.1, 0.15) is 5.75 Å². The molecule has 0 saturated heterocycles. The van der Waals surface area contributed by atoms with E-state index < -0.39 is 17.6 Å². The van der Waals surface area contributed by atoms with Gasteiger partial charge in [0.05, 0.1) is 6.61 Å². The van der Waals surface area contributed by atoms with Crippen molar-refractivity contribution in [1.29, 1.82) is 0 Å². The van der Waals surface area contributed by atoms with Gasteiger partial charge in [-0.25, -0.2) is 10.5 Å². The average Bonchev–Trinajstić information content (AvgIpc) is 3.25. The van der Waals surface area contributed by atoms with Crippen LogP contribution in [0.5, 0.6) is 5.75 Å². The van der Waals surface area contributed by atoms with Crippen LogP contribution in [0.3, 0.4) is 0 Å². The van der Waals surface area contributed by atoms with Gasteiger partial charge in [-0.05, 0) is 47.5 Å². The second-order valence-electron chi connectivity index (χ2n) is 7.94. The van der Waals surface area contributed by atoms with Crippen LogP contribution in [0.25, 0.3) is 0 Å². The highest BCUT2D eigenvalue weighted by Gasteiger charge is 2.53. The van der Waals surface area contributed by atoms with Crippen LogP contribution < -0.4 is 10.2 Å². The van der Waals surface area contributed by atoms with Crippen molar-refractivity contribution in [3.8, 4) is 5.75 Å². The van der Waals surface area contributed by atoms with Gasteiger partial charge >= 0.3 is 0 Å². The minimum absolute atomic E-state index is 0.0661. The van der Waals surface area contributed by atoms with Crippen molar-refractivity contribution in [2.24, 2.45) is 4.99 Å². The van der Waals surface area contributed by atoms with Crippen LogP contribution in [0.4, 0.5) is 0 Å². The summed E-state index contributed by atoms with van der Waals surface area (Å²) in [5.41, 5.74) is 2.71. The molecule has 1 amide bonds. The van der Waals surface area contributed by atoms with E-state index in [4.69, 9.17) is 19.6 Å². The van der Waals surface area contributed by atoms with Crippen LogP contribution in [0.2, 0.25) is 0 Å². The van der Waals surface area contributed by atoms with Gasteiger partial charge in [-0.15, -0.1) is 0 Å². The molecule has 0 radical (unpaired) electrons. The lowest BCUT2D eigenvalue weighted by Crippen LogP contribution is -2.49. The van der Waals surface area contributed by atoms with E-state index in [1.807, 2.05) is 60.1 Å². The van der Waals surface area contributed by atoms with E-state index in [0.717, 1.165) is 15.6 Å². The van der Waals surface area contributed by atoms with Crippen molar-refractivity contribution in [1.82, 2.24) is 5.48 Å². The number of halogens is 1. The van der Waals surface area contributed by atoms with Crippen molar-refractivity contribution in [2.75, 3.05) is 13.2 Å². The molecule has 0 unspecified atom stereocenters. The molecule has 1 aliphatic rings. The fourth-order valence-corrected chi connectivity index (χ4v) is 4.19. The molecule has 0 bridgehead atoms. The fraction of sp³-hybridized carbons (Fsp3) is 0.231. The summed E-state index contributed by atoms with van der Waals surface area (Å²) >= 11 is 3.44. The molecule has 4 rings (SSSR count). The molecule has 3 N–H and O–H groups in total. The number of benzene rings is 3. The zero-order valence-electron chi connectivity index (χ0n) is 18.4. The maximum Gasteiger partial charge on any atom is 0.275 e. The number of aliphatic hydroxyl groups excluding tert-OH is 1. The standard InChI is InChI=1S/C26H25BrN2O5/c27-21-11-7-19(8-12-21)23-26(25(31)29-32,17-18-5-2-1-3-6-18)28-24(34-23)20-9-13-22(14-10-20)33-16-4-15-30/h1-3,5-14,23,30,32H,4,15-17H2,(H,29,31)/t23-,26-/m0/s1. The van der Waals surface area contributed by atoms with E-state index in [-0.39, 0.29) is 13.0 Å². The van der Waals surface area contributed by atoms with Crippen LogP contribution in [0.1, 0.15) is 29.2 Å². The normalized spacial score (nSPS) is 19.3. The Balaban J connectivity index is 1.73. The van der Waals surface area contributed by atoms with Crippen LogP contribution in [-0.4, -0.2) is 40.9 Å². The first-order valence-corrected chi connectivity index (χ1v) is 11.7. The summed E-state index contributed by atoms with van der Waals surface area (Å²) in [5, 5.41) is 18.6. The zero-order chi connectivity index (χ0) is 24.0. The molecule has 0 saturated carbocycles. The number of aliphatic imine (C=N–C) groups is 1. The lowest BCUT2D eigenvalue weighted by molar-refractivity contribution is -0.137. The number of rotatable bonds is 9. The predicted octanol–water partition coefficient (Wildman–Crippen LogP) is 4.22. The van der Waals surface area contributed by atoms with Crippen molar-refractivity contribution < 1.29 is 24.6 Å². The number of carbonyl (C=O) groups is 1. The number of amides is 1. The first-order chi connectivity index (χ1) is 16.6. The highest BCUT2D eigenvalue weighted by Crippen LogP contribution is 2.42. The van der Waals surface area contributed by atoms with E-state index in [1.165, 1.54) is 0 Å². The summed E-state index contributed by atoms with van der Waals surface area (Å²) < 4.78 is 12.8. The molecule has 1 heterocycles. The molecule has 34 heavy (non-hydrogen) atoms. The number of ether oxygens (including phenoxy) is 2. The molecular weight excluding hydrogens is 500 g/mol. The molecule has 3 aromatic rings. The Kier molecular flexibility index (Phi) is 7.62. The Labute approximate surface area is 206 Å². The van der Waals surface area contributed by atoms with Crippen LogP contribution in [0, 0.1) is 0 Å². The molecule has 0 spiro atoms. The molecule has 0 aliphatic carbocycles. The number of hydrogen-bond acceptors (Lipinski definition) is 6. The molecule has 176 valence electrons. The molecule has 3 aromatic carbocycles. The molecular formula is C26H25BrN2O5. The second-order valence-corrected chi connectivity index (χ2v) is 8.86. The van der Waals surface area contributed by atoms with Crippen LogP contribution in [-0.2, 0) is 16.0 Å². The van der Waals surface area contributed by atoms with E-state index >= 15 is 0 Å². The maximum atomic E-state index is 13.2. The summed E-state index contributed by atoms with van der Waals surface area (Å²) in [6.07, 6.45) is 0.0146. The average molecular weight is 525 g/mol. The molecule has 7 nitrogen and oxygen atoms in total. The number of nitrogens with one attached hydrogen (secondary N) is 1. The molecule has 0 aromatic heterocycles. The van der Waals surface area contributed by atoms with Gasteiger partial charge in [-0.3, -0.25) is 10.0 Å². The van der Waals surface area contributed by atoms with Gasteiger partial charge in [0.25, 0.3) is 5.91 Å². The van der Waals surface area contributed by atoms with Crippen molar-refractivity contribution in [2.45, 2.75) is 24.5 Å². The van der Waals surface area contributed by atoms with Gasteiger partial charge in [-0.2, -0.15) is 0 Å². The number of aliphatic hydroxyl groups is 1. The highest BCUT2D eigenvalue weighted by atomic mass is 79.9. The summed E-state index contributed by atoms with van der Waals surface area (Å²) in [6.45, 7) is 0.479. The third kappa shape index (κ3) is 5.14. The molecule has 2 atom stereocenters. The lowest BCUT2D eigenvalue weighted by atomic mass is 9.82. The van der Waals surface area contributed by atoms with E-state index in [9.17, 15) is 10.0 Å². The van der Waals surface area contributed by atoms with Crippen LogP contribution in [0.15, 0.2) is 88.3 Å². The lowest BCUT2D eigenvalue weighted by Gasteiger charge is -2.29. The van der Waals surface area contributed by atoms with Gasteiger partial charge < -0.3 is 14.6 Å². The number of hydrogen-bond donors (Lipinski definition) is 3. The zero-order valence-corrected chi connectivity index (χ0v) is 19.9. The third-order valence-electron chi connectivity index (χ3n) is 5.62. The Hall–Kier alpha value is -3.20. The summed E-state index contributed by atoms with van der Waals surface area (Å²) in [4.78, 5) is 17.9. The van der Waals surface area contributed by atoms with E-state index in [2.05, 4.69) is 15.9 Å². The first-order valence-electron chi connectivity index (χ1n) is 10.9. The van der Waals surface area contributed by atoms with Gasteiger partial charge in [-0.1, -0.05) is 58.4 Å². The van der Waals surface area contributed by atoms with Crippen molar-refractivity contribution in [3.05, 3.63) is 100 Å². The monoisotopic (exact) mass is 524 g/mol. The Morgan fingerprint density at radius 3 is 2.41 bits per heavy atom. The third-order valence-corrected chi connectivity index (χ3v) is 6.15. The van der Waals surface area contributed by atoms with E-state index in [0.29, 0.717) is 30.2 Å². The number of hydroxylamine groups is 1. The molecule has 1 aliphatic heterocycles. The number of nitrogens with zero attached hydrogens (tertiary/aromatic N) is 1. The maximum absolute atomic E-state index is 13.2. The second kappa shape index (κ2) is 10.8. The first kappa shape index (κ1) is 23.9. The fourth-order valence-electron chi connectivity index (χ4n) is 3.92. The Bertz CT molecular complexity index is 1140. The molecule has 0 fully saturated rings. The Morgan fingerprint density at radius 1 is 1.06 bits per heavy atom. The minimum Gasteiger partial charge on any atom is -0.494 e. The van der Waals surface area contributed by atoms with Crippen LogP contribution >= 0.6 is 15.9 Å². The highest BCUT2D eigenvalue weighted by molar-refractivity contribution is 9.10. The summed E-state index contributed by atoms with van der Waals surface area (Å²) in [5.74, 6) is 0.307. The smallest absolute Gasteiger partial charge is 0.275 e. The molecule has 8 heteroatoms. The minimum atomic E-state index is -1.42. The largest absolute Gasteiger partial charge is 0.494 e. The van der Waals surface area contributed by atoms with Gasteiger partial charge in [0.15, 0.2) is 11.6 Å². The summed E-state index contributed by atoms with van der Waals surface area (Å²) in [7, 11) is 0. The SMILES string of the molecule is O=C(NO)[C@@]1(Cc2ccccc2)N=C(c2ccc(OCCCO)cc2)O[C@H]1c1ccc(Br)cc1. The predicted molar refractivity (Wildman–Crippen MR) is 131 cm³/mol.